The highest BCUT2D eigenvalue weighted by Gasteiger charge is 2.31. The third kappa shape index (κ3) is 8.37. The fourth-order valence-corrected chi connectivity index (χ4v) is 2.73. The van der Waals surface area contributed by atoms with Crippen molar-refractivity contribution in [1.29, 1.82) is 0 Å². The molecule has 0 aromatic heterocycles. The van der Waals surface area contributed by atoms with Crippen molar-refractivity contribution in [2.24, 2.45) is 0 Å². The van der Waals surface area contributed by atoms with Crippen LogP contribution in [0.4, 0.5) is 4.79 Å². The van der Waals surface area contributed by atoms with Crippen molar-refractivity contribution < 1.29 is 19.1 Å². The number of carbonyl (C=O) groups is 3. The minimum atomic E-state index is -0.844. The molecule has 0 spiro atoms. The predicted molar refractivity (Wildman–Crippen MR) is 113 cm³/mol. The molecular weight excluding hydrogens is 370 g/mol. The van der Waals surface area contributed by atoms with Crippen LogP contribution in [0.5, 0.6) is 0 Å². The molecule has 0 saturated carbocycles. The fraction of sp³-hybridized carbons (Fsp3) is 0.500. The van der Waals surface area contributed by atoms with Crippen LogP contribution in [0.2, 0.25) is 0 Å². The minimum Gasteiger partial charge on any atom is -0.444 e. The second kappa shape index (κ2) is 10.6. The van der Waals surface area contributed by atoms with Crippen LogP contribution in [0.3, 0.4) is 0 Å². The van der Waals surface area contributed by atoms with Gasteiger partial charge < -0.3 is 20.3 Å². The van der Waals surface area contributed by atoms with E-state index in [9.17, 15) is 14.4 Å². The van der Waals surface area contributed by atoms with Gasteiger partial charge in [0.05, 0.1) is 0 Å². The Hall–Kier alpha value is -2.83. The van der Waals surface area contributed by atoms with Gasteiger partial charge in [0.2, 0.25) is 11.8 Å². The summed E-state index contributed by atoms with van der Waals surface area (Å²) in [6, 6.07) is 6.51. The summed E-state index contributed by atoms with van der Waals surface area (Å²) < 4.78 is 5.17. The molecule has 0 aliphatic rings. The number of hydrogen-bond donors (Lipinski definition) is 2. The van der Waals surface area contributed by atoms with Crippen LogP contribution in [0.15, 0.2) is 36.9 Å². The maximum Gasteiger partial charge on any atom is 0.408 e. The van der Waals surface area contributed by atoms with Crippen LogP contribution in [0, 0.1) is 6.92 Å². The number of nitrogens with one attached hydrogen (secondary N) is 2. The van der Waals surface area contributed by atoms with Crippen molar-refractivity contribution in [1.82, 2.24) is 15.5 Å². The highest BCUT2D eigenvalue weighted by Crippen LogP contribution is 2.23. The van der Waals surface area contributed by atoms with E-state index >= 15 is 0 Å². The Kier molecular flexibility index (Phi) is 8.88. The van der Waals surface area contributed by atoms with E-state index in [1.165, 1.54) is 4.90 Å². The Morgan fingerprint density at radius 2 is 1.90 bits per heavy atom. The maximum absolute atomic E-state index is 13.0. The monoisotopic (exact) mass is 403 g/mol. The lowest BCUT2D eigenvalue weighted by Gasteiger charge is -2.31. The third-order valence-corrected chi connectivity index (χ3v) is 3.78. The average Bonchev–Trinajstić information content (AvgIpc) is 2.57. The Morgan fingerprint density at radius 1 is 1.24 bits per heavy atom. The Balaban J connectivity index is 3.11. The molecular formula is C22H33N3O4. The summed E-state index contributed by atoms with van der Waals surface area (Å²) in [5.41, 5.74) is 0.994. The minimum absolute atomic E-state index is 0.0876. The zero-order valence-electron chi connectivity index (χ0n) is 18.2. The molecule has 1 atom stereocenters. The summed E-state index contributed by atoms with van der Waals surface area (Å²) in [5.74, 6) is -0.709. The molecule has 0 heterocycles. The molecule has 1 aromatic rings. The zero-order valence-corrected chi connectivity index (χ0v) is 18.2. The summed E-state index contributed by atoms with van der Waals surface area (Å²) in [6.45, 7) is 14.4. The summed E-state index contributed by atoms with van der Waals surface area (Å²) in [4.78, 5) is 39.2. The van der Waals surface area contributed by atoms with E-state index in [-0.39, 0.29) is 25.0 Å². The molecule has 0 radical (unpaired) electrons. The number of alkyl carbamates (subject to hydrolysis) is 1. The average molecular weight is 404 g/mol. The van der Waals surface area contributed by atoms with Crippen molar-refractivity contribution in [3.8, 4) is 0 Å². The maximum atomic E-state index is 13.0. The molecule has 7 heteroatoms. The molecule has 0 saturated heterocycles. The number of benzene rings is 1. The van der Waals surface area contributed by atoms with Crippen LogP contribution in [0.1, 0.15) is 51.8 Å². The van der Waals surface area contributed by atoms with Crippen molar-refractivity contribution in [2.75, 3.05) is 13.1 Å². The van der Waals surface area contributed by atoms with Gasteiger partial charge in [0.25, 0.3) is 0 Å². The summed E-state index contributed by atoms with van der Waals surface area (Å²) >= 11 is 0. The van der Waals surface area contributed by atoms with Gasteiger partial charge in [-0.3, -0.25) is 9.59 Å². The van der Waals surface area contributed by atoms with Crippen LogP contribution >= 0.6 is 0 Å². The standard InChI is InChI=1S/C22H33N3O4/c1-8-12-25(18(26)14-23-21(28)29-22(5,6)7)19(20(27)24-15(2)3)17-11-9-10-16(4)13-17/h8-11,13,15,19H,1,12,14H2,2-7H3,(H,23,28)(H,24,27). The predicted octanol–water partition coefficient (Wildman–Crippen LogP) is 3.10. The molecule has 0 fully saturated rings. The molecule has 7 nitrogen and oxygen atoms in total. The second-order valence-electron chi connectivity index (χ2n) is 8.17. The van der Waals surface area contributed by atoms with Gasteiger partial charge in [0.1, 0.15) is 18.2 Å². The van der Waals surface area contributed by atoms with E-state index < -0.39 is 23.6 Å². The molecule has 0 aliphatic heterocycles. The van der Waals surface area contributed by atoms with E-state index in [1.54, 1.807) is 26.8 Å². The largest absolute Gasteiger partial charge is 0.444 e. The van der Waals surface area contributed by atoms with Crippen molar-refractivity contribution in [3.05, 3.63) is 48.0 Å². The van der Waals surface area contributed by atoms with E-state index in [2.05, 4.69) is 17.2 Å². The van der Waals surface area contributed by atoms with Crippen LogP contribution in [-0.2, 0) is 14.3 Å². The Morgan fingerprint density at radius 3 is 2.41 bits per heavy atom. The second-order valence-corrected chi connectivity index (χ2v) is 8.17. The van der Waals surface area contributed by atoms with E-state index in [1.807, 2.05) is 45.0 Å². The first-order valence-corrected chi connectivity index (χ1v) is 9.68. The lowest BCUT2D eigenvalue weighted by atomic mass is 10.0. The molecule has 3 amide bonds. The Labute approximate surface area is 173 Å². The van der Waals surface area contributed by atoms with Crippen LogP contribution in [-0.4, -0.2) is 47.5 Å². The number of carbonyl (C=O) groups excluding carboxylic acids is 3. The fourth-order valence-electron chi connectivity index (χ4n) is 2.73. The highest BCUT2D eigenvalue weighted by atomic mass is 16.6. The lowest BCUT2D eigenvalue weighted by molar-refractivity contribution is -0.139. The summed E-state index contributed by atoms with van der Waals surface area (Å²) in [6.07, 6.45) is 0.861. The molecule has 1 unspecified atom stereocenters. The van der Waals surface area contributed by atoms with Gasteiger partial charge >= 0.3 is 6.09 Å². The zero-order chi connectivity index (χ0) is 22.2. The molecule has 160 valence electrons. The smallest absolute Gasteiger partial charge is 0.408 e. The molecule has 29 heavy (non-hydrogen) atoms. The number of amides is 3. The van der Waals surface area contributed by atoms with Gasteiger partial charge in [-0.2, -0.15) is 0 Å². The number of ether oxygens (including phenoxy) is 1. The van der Waals surface area contributed by atoms with E-state index in [0.29, 0.717) is 5.56 Å². The first-order valence-electron chi connectivity index (χ1n) is 9.68. The molecule has 0 aliphatic carbocycles. The first-order chi connectivity index (χ1) is 13.4. The Bertz CT molecular complexity index is 738. The normalized spacial score (nSPS) is 12.1. The van der Waals surface area contributed by atoms with Gasteiger partial charge in [0.15, 0.2) is 0 Å². The molecule has 1 aromatic carbocycles. The van der Waals surface area contributed by atoms with Gasteiger partial charge in [-0.05, 0) is 47.1 Å². The van der Waals surface area contributed by atoms with Gasteiger partial charge in [-0.15, -0.1) is 6.58 Å². The number of hydrogen-bond acceptors (Lipinski definition) is 4. The SMILES string of the molecule is C=CCN(C(=O)CNC(=O)OC(C)(C)C)C(C(=O)NC(C)C)c1cccc(C)c1. The van der Waals surface area contributed by atoms with E-state index in [4.69, 9.17) is 4.74 Å². The van der Waals surface area contributed by atoms with Crippen molar-refractivity contribution >= 4 is 17.9 Å². The number of nitrogens with zero attached hydrogens (tertiary/aromatic N) is 1. The highest BCUT2D eigenvalue weighted by molar-refractivity contribution is 5.90. The number of aryl methyl sites for hydroxylation is 1. The van der Waals surface area contributed by atoms with E-state index in [0.717, 1.165) is 5.56 Å². The quantitative estimate of drug-likeness (QED) is 0.653. The summed E-state index contributed by atoms with van der Waals surface area (Å²) in [7, 11) is 0. The van der Waals surface area contributed by atoms with Crippen molar-refractivity contribution in [2.45, 2.75) is 59.2 Å². The molecule has 2 N–H and O–H groups in total. The topological polar surface area (TPSA) is 87.7 Å². The number of rotatable bonds is 8. The molecule has 0 bridgehead atoms. The lowest BCUT2D eigenvalue weighted by Crippen LogP contribution is -2.48. The van der Waals surface area contributed by atoms with Gasteiger partial charge in [-0.25, -0.2) is 4.79 Å². The summed E-state index contributed by atoms with van der Waals surface area (Å²) in [5, 5.41) is 5.33. The molecule has 1 rings (SSSR count). The van der Waals surface area contributed by atoms with Gasteiger partial charge in [-0.1, -0.05) is 35.9 Å². The van der Waals surface area contributed by atoms with Crippen molar-refractivity contribution in [3.63, 3.8) is 0 Å². The van der Waals surface area contributed by atoms with Crippen LogP contribution in [0.25, 0.3) is 0 Å². The third-order valence-electron chi connectivity index (χ3n) is 3.78. The first kappa shape index (κ1) is 24.2. The van der Waals surface area contributed by atoms with Crippen LogP contribution < -0.4 is 10.6 Å². The van der Waals surface area contributed by atoms with Gasteiger partial charge in [0, 0.05) is 12.6 Å².